The van der Waals surface area contributed by atoms with E-state index in [1.807, 2.05) is 12.1 Å². The second-order valence-electron chi connectivity index (χ2n) is 4.88. The first kappa shape index (κ1) is 15.2. The highest BCUT2D eigenvalue weighted by molar-refractivity contribution is 9.10. The standard InChI is InChI=1S/C17H19BrFN/c1-3-11-5-6-13(9-12(11)4-2)17(20)15-8-7-14(18)10-16(15)19/h5-10,17H,3-4,20H2,1-2H3. The Balaban J connectivity index is 2.40. The molecule has 0 saturated heterocycles. The molecule has 0 fully saturated rings. The molecule has 0 radical (unpaired) electrons. The quantitative estimate of drug-likeness (QED) is 0.856. The first-order valence-electron chi connectivity index (χ1n) is 6.89. The molecule has 0 spiro atoms. The van der Waals surface area contributed by atoms with Crippen molar-refractivity contribution in [2.75, 3.05) is 0 Å². The summed E-state index contributed by atoms with van der Waals surface area (Å²) in [4.78, 5) is 0. The van der Waals surface area contributed by atoms with Crippen LogP contribution < -0.4 is 5.73 Å². The van der Waals surface area contributed by atoms with Crippen LogP contribution in [0.1, 0.15) is 42.1 Å². The molecule has 0 aliphatic heterocycles. The van der Waals surface area contributed by atoms with Crippen LogP contribution in [0.4, 0.5) is 4.39 Å². The van der Waals surface area contributed by atoms with E-state index in [1.54, 1.807) is 6.07 Å². The summed E-state index contributed by atoms with van der Waals surface area (Å²) in [5, 5.41) is 0. The number of halogens is 2. The highest BCUT2D eigenvalue weighted by Crippen LogP contribution is 2.26. The maximum absolute atomic E-state index is 14.0. The predicted molar refractivity (Wildman–Crippen MR) is 85.3 cm³/mol. The van der Waals surface area contributed by atoms with Crippen LogP contribution in [0.2, 0.25) is 0 Å². The number of benzene rings is 2. The summed E-state index contributed by atoms with van der Waals surface area (Å²) < 4.78 is 14.7. The zero-order valence-electron chi connectivity index (χ0n) is 11.8. The molecule has 0 heterocycles. The van der Waals surface area contributed by atoms with Gasteiger partial charge in [-0.25, -0.2) is 4.39 Å². The highest BCUT2D eigenvalue weighted by Gasteiger charge is 2.15. The van der Waals surface area contributed by atoms with Gasteiger partial charge >= 0.3 is 0 Å². The average molecular weight is 336 g/mol. The van der Waals surface area contributed by atoms with Gasteiger partial charge in [-0.05, 0) is 41.7 Å². The molecular formula is C17H19BrFN. The van der Waals surface area contributed by atoms with E-state index in [1.165, 1.54) is 17.2 Å². The van der Waals surface area contributed by atoms with Gasteiger partial charge in [0, 0.05) is 10.0 Å². The molecule has 2 aromatic carbocycles. The molecule has 106 valence electrons. The van der Waals surface area contributed by atoms with Gasteiger partial charge in [-0.15, -0.1) is 0 Å². The van der Waals surface area contributed by atoms with E-state index in [4.69, 9.17) is 5.73 Å². The Hall–Kier alpha value is -1.19. The predicted octanol–water partition coefficient (Wildman–Crippen LogP) is 4.76. The number of rotatable bonds is 4. The normalized spacial score (nSPS) is 12.4. The van der Waals surface area contributed by atoms with Crippen molar-refractivity contribution in [3.8, 4) is 0 Å². The Labute approximate surface area is 128 Å². The van der Waals surface area contributed by atoms with Gasteiger partial charge in [-0.3, -0.25) is 0 Å². The van der Waals surface area contributed by atoms with Crippen molar-refractivity contribution in [2.45, 2.75) is 32.7 Å². The van der Waals surface area contributed by atoms with E-state index in [2.05, 4.69) is 41.9 Å². The first-order valence-corrected chi connectivity index (χ1v) is 7.68. The fourth-order valence-corrected chi connectivity index (χ4v) is 2.78. The SMILES string of the molecule is CCc1ccc(C(N)c2ccc(Br)cc2F)cc1CC. The highest BCUT2D eigenvalue weighted by atomic mass is 79.9. The van der Waals surface area contributed by atoms with E-state index >= 15 is 0 Å². The lowest BCUT2D eigenvalue weighted by atomic mass is 9.93. The minimum atomic E-state index is -0.431. The molecule has 3 heteroatoms. The van der Waals surface area contributed by atoms with E-state index in [0.29, 0.717) is 5.56 Å². The second-order valence-corrected chi connectivity index (χ2v) is 5.79. The Morgan fingerprint density at radius 1 is 1.05 bits per heavy atom. The van der Waals surface area contributed by atoms with Gasteiger partial charge in [0.05, 0.1) is 6.04 Å². The minimum absolute atomic E-state index is 0.274. The van der Waals surface area contributed by atoms with E-state index in [-0.39, 0.29) is 5.82 Å². The van der Waals surface area contributed by atoms with E-state index < -0.39 is 6.04 Å². The largest absolute Gasteiger partial charge is 0.320 e. The number of aryl methyl sites for hydroxylation is 2. The minimum Gasteiger partial charge on any atom is -0.320 e. The van der Waals surface area contributed by atoms with Crippen LogP contribution in [-0.4, -0.2) is 0 Å². The zero-order chi connectivity index (χ0) is 14.7. The summed E-state index contributed by atoms with van der Waals surface area (Å²) in [6, 6.07) is 10.8. The summed E-state index contributed by atoms with van der Waals surface area (Å²) in [6.07, 6.45) is 1.97. The summed E-state index contributed by atoms with van der Waals surface area (Å²) in [6.45, 7) is 4.27. The van der Waals surface area contributed by atoms with Gasteiger partial charge < -0.3 is 5.73 Å². The second kappa shape index (κ2) is 6.51. The molecule has 0 amide bonds. The van der Waals surface area contributed by atoms with Gasteiger partial charge in [0.1, 0.15) is 5.82 Å². The number of hydrogen-bond donors (Lipinski definition) is 1. The molecule has 0 saturated carbocycles. The van der Waals surface area contributed by atoms with Gasteiger partial charge in [0.25, 0.3) is 0 Å². The molecule has 0 aromatic heterocycles. The molecule has 1 atom stereocenters. The van der Waals surface area contributed by atoms with E-state index in [0.717, 1.165) is 22.9 Å². The van der Waals surface area contributed by atoms with Crippen molar-refractivity contribution < 1.29 is 4.39 Å². The molecule has 0 aliphatic rings. The number of hydrogen-bond acceptors (Lipinski definition) is 1. The third kappa shape index (κ3) is 3.10. The lowest BCUT2D eigenvalue weighted by molar-refractivity contribution is 0.598. The maximum atomic E-state index is 14.0. The third-order valence-electron chi connectivity index (χ3n) is 3.65. The molecular weight excluding hydrogens is 317 g/mol. The fourth-order valence-electron chi connectivity index (χ4n) is 2.45. The summed E-state index contributed by atoms with van der Waals surface area (Å²) >= 11 is 3.26. The van der Waals surface area contributed by atoms with Crippen LogP contribution in [0.25, 0.3) is 0 Å². The molecule has 0 bridgehead atoms. The fraction of sp³-hybridized carbons (Fsp3) is 0.294. The van der Waals surface area contributed by atoms with Gasteiger partial charge in [0.2, 0.25) is 0 Å². The first-order chi connectivity index (χ1) is 9.56. The van der Waals surface area contributed by atoms with Gasteiger partial charge in [-0.1, -0.05) is 54.0 Å². The van der Waals surface area contributed by atoms with Crippen molar-refractivity contribution in [2.24, 2.45) is 5.73 Å². The third-order valence-corrected chi connectivity index (χ3v) is 4.14. The van der Waals surface area contributed by atoms with Crippen LogP contribution >= 0.6 is 15.9 Å². The monoisotopic (exact) mass is 335 g/mol. The Morgan fingerprint density at radius 2 is 1.75 bits per heavy atom. The summed E-state index contributed by atoms with van der Waals surface area (Å²) in [5.74, 6) is -0.274. The average Bonchev–Trinajstić information content (AvgIpc) is 2.45. The summed E-state index contributed by atoms with van der Waals surface area (Å²) in [7, 11) is 0. The Morgan fingerprint density at radius 3 is 2.35 bits per heavy atom. The maximum Gasteiger partial charge on any atom is 0.129 e. The van der Waals surface area contributed by atoms with Crippen LogP contribution in [0, 0.1) is 5.82 Å². The van der Waals surface area contributed by atoms with Crippen molar-refractivity contribution in [1.82, 2.24) is 0 Å². The number of nitrogens with two attached hydrogens (primary N) is 1. The molecule has 1 nitrogen and oxygen atoms in total. The topological polar surface area (TPSA) is 26.0 Å². The van der Waals surface area contributed by atoms with Crippen molar-refractivity contribution in [1.29, 1.82) is 0 Å². The lowest BCUT2D eigenvalue weighted by Gasteiger charge is -2.16. The van der Waals surface area contributed by atoms with Crippen LogP contribution in [0.15, 0.2) is 40.9 Å². The molecule has 2 aromatic rings. The molecule has 2 rings (SSSR count). The van der Waals surface area contributed by atoms with Crippen molar-refractivity contribution >= 4 is 15.9 Å². The molecule has 1 unspecified atom stereocenters. The smallest absolute Gasteiger partial charge is 0.129 e. The van der Waals surface area contributed by atoms with Gasteiger partial charge in [-0.2, -0.15) is 0 Å². The van der Waals surface area contributed by atoms with Crippen LogP contribution in [-0.2, 0) is 12.8 Å². The Bertz CT molecular complexity index is 610. The summed E-state index contributed by atoms with van der Waals surface area (Å²) in [5.41, 5.74) is 10.3. The van der Waals surface area contributed by atoms with Gasteiger partial charge in [0.15, 0.2) is 0 Å². The molecule has 0 aliphatic carbocycles. The Kier molecular flexibility index (Phi) is 4.95. The molecule has 20 heavy (non-hydrogen) atoms. The van der Waals surface area contributed by atoms with E-state index in [9.17, 15) is 4.39 Å². The lowest BCUT2D eigenvalue weighted by Crippen LogP contribution is -2.14. The van der Waals surface area contributed by atoms with Crippen LogP contribution in [0.3, 0.4) is 0 Å². The molecule has 2 N–H and O–H groups in total. The zero-order valence-corrected chi connectivity index (χ0v) is 13.4. The van der Waals surface area contributed by atoms with Crippen molar-refractivity contribution in [3.05, 3.63) is 68.9 Å². The van der Waals surface area contributed by atoms with Crippen molar-refractivity contribution in [3.63, 3.8) is 0 Å². The van der Waals surface area contributed by atoms with Crippen LogP contribution in [0.5, 0.6) is 0 Å².